The van der Waals surface area contributed by atoms with Gasteiger partial charge in [-0.05, 0) is 31.7 Å². The molecule has 4 nitrogen and oxygen atoms in total. The Kier molecular flexibility index (Phi) is 4.36. The van der Waals surface area contributed by atoms with Crippen LogP contribution in [0.25, 0.3) is 0 Å². The molecule has 1 aromatic rings. The molecule has 0 amide bonds. The summed E-state index contributed by atoms with van der Waals surface area (Å²) < 4.78 is 5.23. The van der Waals surface area contributed by atoms with E-state index in [0.717, 1.165) is 37.7 Å². The Morgan fingerprint density at radius 1 is 1.62 bits per heavy atom. The summed E-state index contributed by atoms with van der Waals surface area (Å²) >= 11 is 0. The highest BCUT2D eigenvalue weighted by atomic mass is 16.5. The van der Waals surface area contributed by atoms with Crippen molar-refractivity contribution < 1.29 is 4.74 Å². The van der Waals surface area contributed by atoms with Crippen LogP contribution in [0.3, 0.4) is 0 Å². The van der Waals surface area contributed by atoms with E-state index in [9.17, 15) is 0 Å². The third-order valence-corrected chi connectivity index (χ3v) is 3.09. The van der Waals surface area contributed by atoms with E-state index in [2.05, 4.69) is 15.3 Å². The van der Waals surface area contributed by atoms with Gasteiger partial charge in [0, 0.05) is 32.0 Å². The van der Waals surface area contributed by atoms with E-state index in [4.69, 9.17) is 4.74 Å². The van der Waals surface area contributed by atoms with E-state index in [-0.39, 0.29) is 0 Å². The third kappa shape index (κ3) is 3.61. The quantitative estimate of drug-likeness (QED) is 0.654. The lowest BCUT2D eigenvalue weighted by Gasteiger charge is -2.16. The lowest BCUT2D eigenvalue weighted by Crippen LogP contribution is -2.35. The second kappa shape index (κ2) is 6.01. The zero-order valence-corrected chi connectivity index (χ0v) is 9.91. The van der Waals surface area contributed by atoms with Crippen molar-refractivity contribution in [3.63, 3.8) is 0 Å². The second-order valence-electron chi connectivity index (χ2n) is 4.49. The van der Waals surface area contributed by atoms with E-state index in [1.807, 2.05) is 6.20 Å². The predicted octanol–water partition coefficient (Wildman–Crippen LogP) is 1.36. The number of aromatic amines is 1. The number of methoxy groups -OCH3 is 1. The Balaban J connectivity index is 1.59. The summed E-state index contributed by atoms with van der Waals surface area (Å²) in [6.45, 7) is 1.89. The van der Waals surface area contributed by atoms with Crippen molar-refractivity contribution in [2.45, 2.75) is 31.7 Å². The first-order valence-corrected chi connectivity index (χ1v) is 6.10. The van der Waals surface area contributed by atoms with Crippen molar-refractivity contribution in [1.82, 2.24) is 15.3 Å². The van der Waals surface area contributed by atoms with Gasteiger partial charge in [-0.25, -0.2) is 4.98 Å². The molecule has 0 aliphatic heterocycles. The Labute approximate surface area is 96.8 Å². The first-order valence-electron chi connectivity index (χ1n) is 6.10. The van der Waals surface area contributed by atoms with Crippen LogP contribution in [0.1, 0.15) is 25.1 Å². The summed E-state index contributed by atoms with van der Waals surface area (Å²) in [6.07, 6.45) is 8.55. The lowest BCUT2D eigenvalue weighted by atomic mass is 10.2. The molecule has 1 aliphatic carbocycles. The zero-order valence-electron chi connectivity index (χ0n) is 9.91. The fourth-order valence-electron chi connectivity index (χ4n) is 2.02. The van der Waals surface area contributed by atoms with Gasteiger partial charge in [-0.1, -0.05) is 0 Å². The minimum Gasteiger partial charge on any atom is -0.383 e. The lowest BCUT2D eigenvalue weighted by molar-refractivity contribution is 0.157. The molecule has 0 radical (unpaired) electrons. The average Bonchev–Trinajstić information content (AvgIpc) is 3.01. The van der Waals surface area contributed by atoms with Gasteiger partial charge in [-0.15, -0.1) is 0 Å². The topological polar surface area (TPSA) is 49.9 Å². The standard InChI is InChI=1S/C12H21N3O/c1-16-9-11(10-4-5-10)13-6-2-3-12-14-7-8-15-12/h7-8,10-11,13H,2-6,9H2,1H3,(H,14,15). The van der Waals surface area contributed by atoms with Crippen LogP contribution in [-0.2, 0) is 11.2 Å². The average molecular weight is 223 g/mol. The van der Waals surface area contributed by atoms with Crippen molar-refractivity contribution in [3.8, 4) is 0 Å². The van der Waals surface area contributed by atoms with Crippen LogP contribution in [0.4, 0.5) is 0 Å². The number of imidazole rings is 1. The molecule has 1 saturated carbocycles. The fourth-order valence-corrected chi connectivity index (χ4v) is 2.02. The van der Waals surface area contributed by atoms with Crippen molar-refractivity contribution >= 4 is 0 Å². The van der Waals surface area contributed by atoms with Crippen LogP contribution in [0, 0.1) is 5.92 Å². The molecule has 0 bridgehead atoms. The van der Waals surface area contributed by atoms with Crippen molar-refractivity contribution in [1.29, 1.82) is 0 Å². The third-order valence-electron chi connectivity index (χ3n) is 3.09. The highest BCUT2D eigenvalue weighted by molar-refractivity contribution is 4.88. The largest absolute Gasteiger partial charge is 0.383 e. The molecule has 90 valence electrons. The molecule has 0 aromatic carbocycles. The van der Waals surface area contributed by atoms with Crippen LogP contribution in [-0.4, -0.2) is 36.3 Å². The Morgan fingerprint density at radius 3 is 3.12 bits per heavy atom. The number of rotatable bonds is 8. The van der Waals surface area contributed by atoms with Gasteiger partial charge < -0.3 is 15.0 Å². The number of hydrogen-bond acceptors (Lipinski definition) is 3. The maximum absolute atomic E-state index is 5.23. The number of ether oxygens (including phenoxy) is 1. The summed E-state index contributed by atoms with van der Waals surface area (Å²) in [7, 11) is 1.78. The maximum atomic E-state index is 5.23. The molecule has 2 N–H and O–H groups in total. The van der Waals surface area contributed by atoms with Gasteiger partial charge in [0.15, 0.2) is 0 Å². The Hall–Kier alpha value is -0.870. The monoisotopic (exact) mass is 223 g/mol. The SMILES string of the molecule is COCC(NCCCc1ncc[nH]1)C1CC1. The summed E-state index contributed by atoms with van der Waals surface area (Å²) in [5, 5.41) is 3.58. The van der Waals surface area contributed by atoms with Crippen LogP contribution >= 0.6 is 0 Å². The van der Waals surface area contributed by atoms with Crippen LogP contribution in [0.15, 0.2) is 12.4 Å². The molecule has 1 aliphatic rings. The van der Waals surface area contributed by atoms with E-state index < -0.39 is 0 Å². The molecule has 1 fully saturated rings. The first-order chi connectivity index (χ1) is 7.90. The minimum atomic E-state index is 0.557. The smallest absolute Gasteiger partial charge is 0.106 e. The summed E-state index contributed by atoms with van der Waals surface area (Å²) in [6, 6.07) is 0.557. The van der Waals surface area contributed by atoms with E-state index in [1.54, 1.807) is 13.3 Å². The van der Waals surface area contributed by atoms with Gasteiger partial charge in [-0.3, -0.25) is 0 Å². The van der Waals surface area contributed by atoms with Gasteiger partial charge in [-0.2, -0.15) is 0 Å². The van der Waals surface area contributed by atoms with Crippen molar-refractivity contribution in [3.05, 3.63) is 18.2 Å². The molecule has 1 heterocycles. The van der Waals surface area contributed by atoms with E-state index in [1.165, 1.54) is 12.8 Å². The second-order valence-corrected chi connectivity index (χ2v) is 4.49. The molecular weight excluding hydrogens is 202 g/mol. The molecular formula is C12H21N3O. The Morgan fingerprint density at radius 2 is 2.50 bits per heavy atom. The maximum Gasteiger partial charge on any atom is 0.106 e. The molecule has 16 heavy (non-hydrogen) atoms. The molecule has 1 unspecified atom stereocenters. The van der Waals surface area contributed by atoms with Crippen LogP contribution < -0.4 is 5.32 Å². The summed E-state index contributed by atoms with van der Waals surface area (Å²) in [4.78, 5) is 7.33. The summed E-state index contributed by atoms with van der Waals surface area (Å²) in [5.74, 6) is 1.93. The van der Waals surface area contributed by atoms with Gasteiger partial charge in [0.2, 0.25) is 0 Å². The first kappa shape index (κ1) is 11.6. The highest BCUT2D eigenvalue weighted by Gasteiger charge is 2.30. The van der Waals surface area contributed by atoms with Crippen LogP contribution in [0.5, 0.6) is 0 Å². The van der Waals surface area contributed by atoms with Gasteiger partial charge in [0.05, 0.1) is 6.61 Å². The number of aryl methyl sites for hydroxylation is 1. The van der Waals surface area contributed by atoms with Crippen LogP contribution in [0.2, 0.25) is 0 Å². The molecule has 2 rings (SSSR count). The number of nitrogens with one attached hydrogen (secondary N) is 2. The highest BCUT2D eigenvalue weighted by Crippen LogP contribution is 2.32. The zero-order chi connectivity index (χ0) is 11.2. The number of aromatic nitrogens is 2. The summed E-state index contributed by atoms with van der Waals surface area (Å²) in [5.41, 5.74) is 0. The van der Waals surface area contributed by atoms with Gasteiger partial charge in [0.25, 0.3) is 0 Å². The molecule has 1 atom stereocenters. The molecule has 1 aromatic heterocycles. The van der Waals surface area contributed by atoms with Crippen molar-refractivity contribution in [2.24, 2.45) is 5.92 Å². The number of nitrogens with zero attached hydrogens (tertiary/aromatic N) is 1. The number of hydrogen-bond donors (Lipinski definition) is 2. The molecule has 0 saturated heterocycles. The minimum absolute atomic E-state index is 0.557. The predicted molar refractivity (Wildman–Crippen MR) is 63.3 cm³/mol. The van der Waals surface area contributed by atoms with Gasteiger partial charge in [0.1, 0.15) is 5.82 Å². The number of H-pyrrole nitrogens is 1. The van der Waals surface area contributed by atoms with Crippen molar-refractivity contribution in [2.75, 3.05) is 20.3 Å². The normalized spacial score (nSPS) is 17.6. The molecule has 0 spiro atoms. The van der Waals surface area contributed by atoms with Gasteiger partial charge >= 0.3 is 0 Å². The van der Waals surface area contributed by atoms with E-state index >= 15 is 0 Å². The fraction of sp³-hybridized carbons (Fsp3) is 0.750. The molecule has 4 heteroatoms. The van der Waals surface area contributed by atoms with E-state index in [0.29, 0.717) is 6.04 Å². The Bertz CT molecular complexity index is 282.